The van der Waals surface area contributed by atoms with Crippen LogP contribution in [0.5, 0.6) is 0 Å². The number of primary amides is 1. The predicted octanol–water partition coefficient (Wildman–Crippen LogP) is -2.75. The van der Waals surface area contributed by atoms with Crippen LogP contribution in [-0.4, -0.2) is 135 Å². The highest BCUT2D eigenvalue weighted by Crippen LogP contribution is 2.23. The Morgan fingerprint density at radius 1 is 0.704 bits per heavy atom. The van der Waals surface area contributed by atoms with Gasteiger partial charge in [0, 0.05) is 25.9 Å². The van der Waals surface area contributed by atoms with Crippen molar-refractivity contribution in [1.82, 2.24) is 31.1 Å². The summed E-state index contributed by atoms with van der Waals surface area (Å²) in [6.07, 6.45) is 1.62. The highest BCUT2D eigenvalue weighted by Gasteiger charge is 2.42. The molecule has 12 N–H and O–H groups in total. The van der Waals surface area contributed by atoms with Gasteiger partial charge in [-0.05, 0) is 77.2 Å². The average molecular weight is 768 g/mol. The zero-order valence-corrected chi connectivity index (χ0v) is 31.2. The zero-order chi connectivity index (χ0) is 40.7. The van der Waals surface area contributed by atoms with Crippen LogP contribution in [0.15, 0.2) is 0 Å². The first-order valence-electron chi connectivity index (χ1n) is 18.4. The second-order valence-corrected chi connectivity index (χ2v) is 14.1. The molecule has 2 saturated heterocycles. The second kappa shape index (κ2) is 21.8. The number of carbonyl (C=O) groups is 9. The van der Waals surface area contributed by atoms with Gasteiger partial charge in [-0.1, -0.05) is 13.8 Å². The summed E-state index contributed by atoms with van der Waals surface area (Å²) in [4.78, 5) is 117. The molecule has 0 saturated carbocycles. The van der Waals surface area contributed by atoms with Gasteiger partial charge in [0.05, 0.1) is 6.04 Å². The van der Waals surface area contributed by atoms with Gasteiger partial charge in [-0.25, -0.2) is 4.79 Å². The second-order valence-electron chi connectivity index (χ2n) is 14.1. The SMILES string of the molecule is CC(C)[C@@H](NC(=O)[C@@H]1CCCN1C(=O)[C@@H](N)CCC(=O)O)C(=O)N1CCC[C@H]1C(=O)N[C@@H](CCC(N)=O)C(=O)N[C@@H](C)C(=O)N[C@@H](CCCCN)C(=O)O. The summed E-state index contributed by atoms with van der Waals surface area (Å²) in [5, 5.41) is 28.6. The first kappa shape index (κ1) is 45.3. The van der Waals surface area contributed by atoms with E-state index < -0.39 is 101 Å². The number of rotatable bonds is 22. The van der Waals surface area contributed by atoms with E-state index in [4.69, 9.17) is 22.3 Å². The summed E-state index contributed by atoms with van der Waals surface area (Å²) in [5.74, 6) is -7.64. The van der Waals surface area contributed by atoms with E-state index in [1.54, 1.807) is 13.8 Å². The number of carbonyl (C=O) groups excluding carboxylic acids is 7. The number of hydrogen-bond donors (Lipinski definition) is 9. The Bertz CT molecular complexity index is 1390. The zero-order valence-electron chi connectivity index (χ0n) is 31.2. The summed E-state index contributed by atoms with van der Waals surface area (Å²) in [7, 11) is 0. The number of hydrogen-bond acceptors (Lipinski definition) is 11. The van der Waals surface area contributed by atoms with Crippen molar-refractivity contribution in [3.05, 3.63) is 0 Å². The van der Waals surface area contributed by atoms with E-state index in [1.165, 1.54) is 16.7 Å². The molecule has 54 heavy (non-hydrogen) atoms. The van der Waals surface area contributed by atoms with Crippen molar-refractivity contribution in [3.63, 3.8) is 0 Å². The van der Waals surface area contributed by atoms with Crippen molar-refractivity contribution in [1.29, 1.82) is 0 Å². The maximum Gasteiger partial charge on any atom is 0.326 e. The van der Waals surface area contributed by atoms with Crippen molar-refractivity contribution in [3.8, 4) is 0 Å². The van der Waals surface area contributed by atoms with E-state index in [0.29, 0.717) is 38.6 Å². The van der Waals surface area contributed by atoms with E-state index in [2.05, 4.69) is 21.3 Å². The number of amides is 7. The lowest BCUT2D eigenvalue weighted by atomic mass is 10.0. The predicted molar refractivity (Wildman–Crippen MR) is 192 cm³/mol. The molecule has 20 nitrogen and oxygen atoms in total. The number of unbranched alkanes of at least 4 members (excludes halogenated alkanes) is 1. The molecule has 0 unspecified atom stereocenters. The minimum atomic E-state index is -1.36. The van der Waals surface area contributed by atoms with Crippen LogP contribution in [0.1, 0.15) is 91.4 Å². The molecule has 2 rings (SSSR count). The first-order valence-corrected chi connectivity index (χ1v) is 18.4. The van der Waals surface area contributed by atoms with E-state index in [9.17, 15) is 48.3 Å². The average Bonchev–Trinajstić information content (AvgIpc) is 3.80. The van der Waals surface area contributed by atoms with Crippen molar-refractivity contribution in [2.45, 2.75) is 134 Å². The van der Waals surface area contributed by atoms with Crippen molar-refractivity contribution < 1.29 is 53.4 Å². The number of aliphatic carboxylic acids is 2. The quantitative estimate of drug-likeness (QED) is 0.0506. The van der Waals surface area contributed by atoms with E-state index in [0.717, 1.165) is 0 Å². The Labute approximate surface area is 314 Å². The van der Waals surface area contributed by atoms with Gasteiger partial charge in [-0.2, -0.15) is 0 Å². The number of likely N-dealkylation sites (tertiary alicyclic amines) is 2. The van der Waals surface area contributed by atoms with Crippen molar-refractivity contribution in [2.24, 2.45) is 23.1 Å². The van der Waals surface area contributed by atoms with Crippen LogP contribution in [-0.2, 0) is 43.2 Å². The molecule has 0 aromatic rings. The van der Waals surface area contributed by atoms with Gasteiger partial charge in [-0.15, -0.1) is 0 Å². The fraction of sp³-hybridized carbons (Fsp3) is 0.735. The summed E-state index contributed by atoms with van der Waals surface area (Å²) >= 11 is 0. The number of nitrogens with zero attached hydrogens (tertiary/aromatic N) is 2. The summed E-state index contributed by atoms with van der Waals surface area (Å²) < 4.78 is 0. The lowest BCUT2D eigenvalue weighted by Gasteiger charge is -2.33. The van der Waals surface area contributed by atoms with Crippen LogP contribution >= 0.6 is 0 Å². The molecule has 0 radical (unpaired) electrons. The Kier molecular flexibility index (Phi) is 18.3. The maximum absolute atomic E-state index is 13.9. The van der Waals surface area contributed by atoms with E-state index in [-0.39, 0.29) is 51.6 Å². The highest BCUT2D eigenvalue weighted by molar-refractivity contribution is 5.97. The lowest BCUT2D eigenvalue weighted by Crippen LogP contribution is -2.60. The van der Waals surface area contributed by atoms with Gasteiger partial charge < -0.3 is 58.5 Å². The lowest BCUT2D eigenvalue weighted by molar-refractivity contribution is -0.145. The Morgan fingerprint density at radius 3 is 1.80 bits per heavy atom. The van der Waals surface area contributed by atoms with Gasteiger partial charge in [0.15, 0.2) is 0 Å². The minimum Gasteiger partial charge on any atom is -0.481 e. The Hall–Kier alpha value is -4.85. The fourth-order valence-corrected chi connectivity index (χ4v) is 6.41. The number of nitrogens with two attached hydrogens (primary N) is 3. The third-order valence-electron chi connectivity index (χ3n) is 9.52. The molecule has 304 valence electrons. The van der Waals surface area contributed by atoms with Gasteiger partial charge in [0.2, 0.25) is 41.4 Å². The molecule has 2 aliphatic heterocycles. The van der Waals surface area contributed by atoms with Crippen LogP contribution in [0.3, 0.4) is 0 Å². The van der Waals surface area contributed by atoms with Gasteiger partial charge in [0.25, 0.3) is 0 Å². The molecule has 0 spiro atoms. The topological polar surface area (TPSA) is 327 Å². The summed E-state index contributed by atoms with van der Waals surface area (Å²) in [6.45, 7) is 5.48. The molecule has 0 aromatic heterocycles. The third kappa shape index (κ3) is 13.5. The molecule has 7 atom stereocenters. The summed E-state index contributed by atoms with van der Waals surface area (Å²) in [6, 6.07) is -7.99. The highest BCUT2D eigenvalue weighted by atomic mass is 16.4. The molecule has 0 aromatic carbocycles. The van der Waals surface area contributed by atoms with Crippen LogP contribution in [0.25, 0.3) is 0 Å². The minimum absolute atomic E-state index is 0.104. The first-order chi connectivity index (χ1) is 25.4. The fourth-order valence-electron chi connectivity index (χ4n) is 6.41. The Balaban J connectivity index is 2.14. The van der Waals surface area contributed by atoms with E-state index in [1.807, 2.05) is 0 Å². The molecular weight excluding hydrogens is 710 g/mol. The number of carboxylic acid groups (broad SMARTS) is 2. The van der Waals surface area contributed by atoms with Gasteiger partial charge in [-0.3, -0.25) is 38.4 Å². The largest absolute Gasteiger partial charge is 0.481 e. The normalized spacial score (nSPS) is 19.6. The monoisotopic (exact) mass is 767 g/mol. The van der Waals surface area contributed by atoms with Gasteiger partial charge in [0.1, 0.15) is 36.3 Å². The summed E-state index contributed by atoms with van der Waals surface area (Å²) in [5.41, 5.74) is 16.7. The van der Waals surface area contributed by atoms with Gasteiger partial charge >= 0.3 is 11.9 Å². The number of carboxylic acids is 2. The van der Waals surface area contributed by atoms with Crippen LogP contribution in [0, 0.1) is 5.92 Å². The van der Waals surface area contributed by atoms with Crippen LogP contribution in [0.2, 0.25) is 0 Å². The smallest absolute Gasteiger partial charge is 0.326 e. The third-order valence-corrected chi connectivity index (χ3v) is 9.52. The standard InChI is InChI=1S/C34H57N9O11/c1-18(2)27(41-31(50)24-10-6-16-42(24)32(51)20(36)11-14-26(45)46)33(52)43-17-7-9-23(43)30(49)39-21(12-13-25(37)44)29(48)38-19(3)28(47)40-22(34(53)54)8-4-5-15-35/h18-24,27H,4-17,35-36H2,1-3H3,(H2,37,44)(H,38,48)(H,39,49)(H,40,47)(H,41,50)(H,45,46)(H,53,54)/t19-,20-,21-,22-,23-,24-,27+/m0/s1. The molecule has 2 fully saturated rings. The molecule has 2 aliphatic rings. The molecule has 0 bridgehead atoms. The van der Waals surface area contributed by atoms with Crippen LogP contribution < -0.4 is 38.5 Å². The Morgan fingerprint density at radius 2 is 1.28 bits per heavy atom. The number of nitrogens with one attached hydrogen (secondary N) is 4. The van der Waals surface area contributed by atoms with Crippen molar-refractivity contribution in [2.75, 3.05) is 19.6 Å². The van der Waals surface area contributed by atoms with E-state index >= 15 is 0 Å². The molecule has 0 aliphatic carbocycles. The van der Waals surface area contributed by atoms with Crippen molar-refractivity contribution >= 4 is 53.3 Å². The molecule has 20 heteroatoms. The van der Waals surface area contributed by atoms with Crippen LogP contribution in [0.4, 0.5) is 0 Å². The maximum atomic E-state index is 13.9. The molecule has 2 heterocycles. The molecular formula is C34H57N9O11. The molecule has 7 amide bonds.